The van der Waals surface area contributed by atoms with E-state index in [-0.39, 0.29) is 11.4 Å². The Labute approximate surface area is 126 Å². The van der Waals surface area contributed by atoms with Crippen molar-refractivity contribution in [2.24, 2.45) is 0 Å². The molecule has 3 heteroatoms. The largest absolute Gasteiger partial charge is 0.398 e. The van der Waals surface area contributed by atoms with Gasteiger partial charge in [0, 0.05) is 11.2 Å². The third-order valence-corrected chi connectivity index (χ3v) is 4.57. The lowest BCUT2D eigenvalue weighted by atomic mass is 9.89. The summed E-state index contributed by atoms with van der Waals surface area (Å²) in [6.45, 7) is 6.32. The highest BCUT2D eigenvalue weighted by molar-refractivity contribution is 6.04. The number of nitrogens with one attached hydrogen (secondary N) is 1. The van der Waals surface area contributed by atoms with Crippen LogP contribution in [0.5, 0.6) is 0 Å². The van der Waals surface area contributed by atoms with Gasteiger partial charge in [-0.3, -0.25) is 4.79 Å². The van der Waals surface area contributed by atoms with Crippen LogP contribution in [0.1, 0.15) is 50.4 Å². The van der Waals surface area contributed by atoms with E-state index in [1.54, 1.807) is 0 Å². The minimum absolute atomic E-state index is 0.0798. The van der Waals surface area contributed by atoms with Gasteiger partial charge in [0.1, 0.15) is 0 Å². The fourth-order valence-corrected chi connectivity index (χ4v) is 2.78. The number of rotatable bonds is 5. The summed E-state index contributed by atoms with van der Waals surface area (Å²) in [6.07, 6.45) is 2.75. The third kappa shape index (κ3) is 3.02. The summed E-state index contributed by atoms with van der Waals surface area (Å²) in [5.74, 6) is -0.0798. The van der Waals surface area contributed by atoms with Gasteiger partial charge < -0.3 is 11.1 Å². The SMILES string of the molecule is CCC(CC)(CC)NC(=O)c1cc2ccccc2cc1N. The van der Waals surface area contributed by atoms with Crippen LogP contribution in [0.15, 0.2) is 36.4 Å². The molecule has 0 saturated heterocycles. The quantitative estimate of drug-likeness (QED) is 0.811. The van der Waals surface area contributed by atoms with Crippen LogP contribution in [0, 0.1) is 0 Å². The Kier molecular flexibility index (Phi) is 4.51. The van der Waals surface area contributed by atoms with Crippen molar-refractivity contribution in [2.45, 2.75) is 45.6 Å². The number of benzene rings is 2. The molecular weight excluding hydrogens is 260 g/mol. The molecule has 2 aromatic rings. The highest BCUT2D eigenvalue weighted by Crippen LogP contribution is 2.24. The Bertz CT molecular complexity index is 636. The zero-order valence-electron chi connectivity index (χ0n) is 13.1. The van der Waals surface area contributed by atoms with Crippen LogP contribution in [0.25, 0.3) is 10.8 Å². The Balaban J connectivity index is 2.37. The van der Waals surface area contributed by atoms with Gasteiger partial charge in [-0.05, 0) is 42.2 Å². The van der Waals surface area contributed by atoms with E-state index in [1.807, 2.05) is 36.4 Å². The molecule has 0 aliphatic heterocycles. The van der Waals surface area contributed by atoms with Crippen molar-refractivity contribution in [3.8, 4) is 0 Å². The summed E-state index contributed by atoms with van der Waals surface area (Å²) < 4.78 is 0. The zero-order chi connectivity index (χ0) is 15.5. The first kappa shape index (κ1) is 15.4. The number of amides is 1. The van der Waals surface area contributed by atoms with Crippen molar-refractivity contribution in [3.63, 3.8) is 0 Å². The van der Waals surface area contributed by atoms with Crippen LogP contribution in [0.2, 0.25) is 0 Å². The van der Waals surface area contributed by atoms with Gasteiger partial charge in [0.2, 0.25) is 0 Å². The van der Waals surface area contributed by atoms with Crippen LogP contribution in [0.4, 0.5) is 5.69 Å². The summed E-state index contributed by atoms with van der Waals surface area (Å²) in [4.78, 5) is 12.6. The zero-order valence-corrected chi connectivity index (χ0v) is 13.1. The van der Waals surface area contributed by atoms with Crippen LogP contribution in [-0.4, -0.2) is 11.4 Å². The van der Waals surface area contributed by atoms with Gasteiger partial charge in [0.25, 0.3) is 5.91 Å². The summed E-state index contributed by atoms with van der Waals surface area (Å²) in [6, 6.07) is 11.7. The van der Waals surface area contributed by atoms with Gasteiger partial charge in [-0.2, -0.15) is 0 Å². The molecule has 0 saturated carbocycles. The number of hydrogen-bond acceptors (Lipinski definition) is 2. The molecule has 0 bridgehead atoms. The van der Waals surface area contributed by atoms with E-state index in [4.69, 9.17) is 5.73 Å². The molecule has 0 atom stereocenters. The van der Waals surface area contributed by atoms with E-state index >= 15 is 0 Å². The molecule has 0 radical (unpaired) electrons. The summed E-state index contributed by atoms with van der Waals surface area (Å²) in [7, 11) is 0. The first-order valence-corrected chi connectivity index (χ1v) is 7.66. The fraction of sp³-hybridized carbons (Fsp3) is 0.389. The Morgan fingerprint density at radius 3 is 2.10 bits per heavy atom. The molecule has 2 rings (SSSR count). The second kappa shape index (κ2) is 6.17. The average molecular weight is 284 g/mol. The molecule has 2 aromatic carbocycles. The molecule has 0 aliphatic carbocycles. The van der Waals surface area contributed by atoms with E-state index in [2.05, 4.69) is 26.1 Å². The van der Waals surface area contributed by atoms with E-state index in [1.165, 1.54) is 0 Å². The number of nitrogens with two attached hydrogens (primary N) is 1. The highest BCUT2D eigenvalue weighted by Gasteiger charge is 2.27. The van der Waals surface area contributed by atoms with Crippen LogP contribution >= 0.6 is 0 Å². The number of carbonyl (C=O) groups is 1. The molecule has 112 valence electrons. The fourth-order valence-electron chi connectivity index (χ4n) is 2.78. The number of anilines is 1. The molecule has 3 N–H and O–H groups in total. The summed E-state index contributed by atoms with van der Waals surface area (Å²) >= 11 is 0. The Morgan fingerprint density at radius 2 is 1.57 bits per heavy atom. The second-order valence-electron chi connectivity index (χ2n) is 5.58. The number of fused-ring (bicyclic) bond motifs is 1. The first-order chi connectivity index (χ1) is 10.0. The van der Waals surface area contributed by atoms with Crippen molar-refractivity contribution < 1.29 is 4.79 Å². The van der Waals surface area contributed by atoms with Crippen molar-refractivity contribution in [2.75, 3.05) is 5.73 Å². The average Bonchev–Trinajstić information content (AvgIpc) is 2.52. The maximum atomic E-state index is 12.6. The van der Waals surface area contributed by atoms with Crippen molar-refractivity contribution in [3.05, 3.63) is 42.0 Å². The molecule has 0 aliphatic rings. The van der Waals surface area contributed by atoms with Crippen molar-refractivity contribution in [1.82, 2.24) is 5.32 Å². The van der Waals surface area contributed by atoms with Gasteiger partial charge in [-0.15, -0.1) is 0 Å². The van der Waals surface area contributed by atoms with Gasteiger partial charge in [0.05, 0.1) is 5.56 Å². The second-order valence-corrected chi connectivity index (χ2v) is 5.58. The standard InChI is InChI=1S/C18H24N2O/c1-4-18(5-2,6-3)20-17(21)15-11-13-9-7-8-10-14(13)12-16(15)19/h7-12H,4-6,19H2,1-3H3,(H,20,21). The molecule has 0 fully saturated rings. The molecular formula is C18H24N2O. The van der Waals surface area contributed by atoms with E-state index in [9.17, 15) is 4.79 Å². The van der Waals surface area contributed by atoms with E-state index in [0.29, 0.717) is 11.3 Å². The lowest BCUT2D eigenvalue weighted by molar-refractivity contribution is 0.0889. The molecule has 21 heavy (non-hydrogen) atoms. The maximum Gasteiger partial charge on any atom is 0.253 e. The van der Waals surface area contributed by atoms with Crippen LogP contribution in [0.3, 0.4) is 0 Å². The number of hydrogen-bond donors (Lipinski definition) is 2. The number of carbonyl (C=O) groups excluding carboxylic acids is 1. The lowest BCUT2D eigenvalue weighted by Crippen LogP contribution is -2.47. The molecule has 0 unspecified atom stereocenters. The monoisotopic (exact) mass is 284 g/mol. The number of nitrogen functional groups attached to an aromatic ring is 1. The Morgan fingerprint density at radius 1 is 1.05 bits per heavy atom. The van der Waals surface area contributed by atoms with Crippen LogP contribution in [-0.2, 0) is 0 Å². The first-order valence-electron chi connectivity index (χ1n) is 7.66. The van der Waals surface area contributed by atoms with Gasteiger partial charge in [0.15, 0.2) is 0 Å². The predicted octanol–water partition coefficient (Wildman–Crippen LogP) is 4.12. The smallest absolute Gasteiger partial charge is 0.253 e. The molecule has 1 amide bonds. The van der Waals surface area contributed by atoms with Crippen molar-refractivity contribution >= 4 is 22.4 Å². The topological polar surface area (TPSA) is 55.1 Å². The lowest BCUT2D eigenvalue weighted by Gasteiger charge is -2.32. The normalized spacial score (nSPS) is 11.6. The molecule has 0 aromatic heterocycles. The van der Waals surface area contributed by atoms with Gasteiger partial charge >= 0.3 is 0 Å². The molecule has 0 heterocycles. The van der Waals surface area contributed by atoms with Crippen molar-refractivity contribution in [1.29, 1.82) is 0 Å². The van der Waals surface area contributed by atoms with E-state index in [0.717, 1.165) is 30.0 Å². The summed E-state index contributed by atoms with van der Waals surface area (Å²) in [5.41, 5.74) is 7.02. The van der Waals surface area contributed by atoms with Gasteiger partial charge in [-0.1, -0.05) is 45.0 Å². The molecule has 0 spiro atoms. The third-order valence-electron chi connectivity index (χ3n) is 4.57. The summed E-state index contributed by atoms with van der Waals surface area (Å²) in [5, 5.41) is 5.27. The van der Waals surface area contributed by atoms with E-state index < -0.39 is 0 Å². The van der Waals surface area contributed by atoms with Crippen LogP contribution < -0.4 is 11.1 Å². The minimum Gasteiger partial charge on any atom is -0.398 e. The Hall–Kier alpha value is -2.03. The maximum absolute atomic E-state index is 12.6. The predicted molar refractivity (Wildman–Crippen MR) is 89.4 cm³/mol. The molecule has 3 nitrogen and oxygen atoms in total. The minimum atomic E-state index is -0.144. The van der Waals surface area contributed by atoms with Gasteiger partial charge in [-0.25, -0.2) is 0 Å². The highest BCUT2D eigenvalue weighted by atomic mass is 16.1.